The first-order valence-electron chi connectivity index (χ1n) is 7.84. The van der Waals surface area contributed by atoms with Crippen molar-refractivity contribution in [2.75, 3.05) is 5.32 Å². The van der Waals surface area contributed by atoms with Crippen molar-refractivity contribution < 1.29 is 22.7 Å². The van der Waals surface area contributed by atoms with Crippen LogP contribution < -0.4 is 10.1 Å². The number of anilines is 1. The summed E-state index contributed by atoms with van der Waals surface area (Å²) in [6, 6.07) is 19.8. The number of carbonyl (C=O) groups is 1. The number of amides is 1. The van der Waals surface area contributed by atoms with Crippen LogP contribution in [0.2, 0.25) is 0 Å². The summed E-state index contributed by atoms with van der Waals surface area (Å²) in [5.41, 5.74) is 2.45. The number of ether oxygens (including phenoxy) is 1. The van der Waals surface area contributed by atoms with Gasteiger partial charge in [0.25, 0.3) is 5.91 Å². The van der Waals surface area contributed by atoms with Gasteiger partial charge in [-0.1, -0.05) is 42.5 Å². The average Bonchev–Trinajstić information content (AvgIpc) is 2.62. The molecule has 0 unspecified atom stereocenters. The van der Waals surface area contributed by atoms with Gasteiger partial charge in [0.05, 0.1) is 5.56 Å². The minimum absolute atomic E-state index is 0.260. The Morgan fingerprint density at radius 3 is 2.19 bits per heavy atom. The molecule has 0 bridgehead atoms. The molecule has 1 amide bonds. The fraction of sp³-hybridized carbons (Fsp3) is 0.0500. The lowest BCUT2D eigenvalue weighted by Crippen LogP contribution is -2.17. The Hall–Kier alpha value is -2.55. The topological polar surface area (TPSA) is 38.3 Å². The maximum Gasteiger partial charge on any atom is 0.573 e. The molecule has 0 spiro atoms. The van der Waals surface area contributed by atoms with E-state index in [0.29, 0.717) is 22.4 Å². The van der Waals surface area contributed by atoms with Crippen LogP contribution in [-0.2, 0) is 0 Å². The largest absolute Gasteiger partial charge is 0.573 e. The van der Waals surface area contributed by atoms with Crippen LogP contribution in [0.1, 0.15) is 10.4 Å². The smallest absolute Gasteiger partial charge is 0.406 e. The Kier molecular flexibility index (Phi) is 5.69. The predicted molar refractivity (Wildman–Crippen MR) is 106 cm³/mol. The standard InChI is InChI=1S/C20H13F3INO2/c21-20(22,23)27-14-11-9-13(10-12-14)15-5-2-4-8-18(15)25-19(26)16-6-1-3-7-17(16)24/h1-12H,(H,25,26). The molecule has 0 aliphatic carbocycles. The first-order chi connectivity index (χ1) is 12.8. The van der Waals surface area contributed by atoms with Gasteiger partial charge in [0, 0.05) is 14.8 Å². The minimum Gasteiger partial charge on any atom is -0.406 e. The summed E-state index contributed by atoms with van der Waals surface area (Å²) in [6.45, 7) is 0. The van der Waals surface area contributed by atoms with Crippen LogP contribution in [-0.4, -0.2) is 12.3 Å². The quantitative estimate of drug-likeness (QED) is 0.455. The summed E-state index contributed by atoms with van der Waals surface area (Å²) in [5.74, 6) is -0.559. The molecule has 138 valence electrons. The van der Waals surface area contributed by atoms with Crippen LogP contribution >= 0.6 is 22.6 Å². The van der Waals surface area contributed by atoms with Crippen molar-refractivity contribution in [1.82, 2.24) is 0 Å². The molecule has 1 N–H and O–H groups in total. The van der Waals surface area contributed by atoms with Gasteiger partial charge in [0.15, 0.2) is 0 Å². The lowest BCUT2D eigenvalue weighted by atomic mass is 10.0. The minimum atomic E-state index is -4.74. The molecule has 3 nitrogen and oxygen atoms in total. The van der Waals surface area contributed by atoms with E-state index in [-0.39, 0.29) is 11.7 Å². The normalized spacial score (nSPS) is 11.1. The molecular formula is C20H13F3INO2. The van der Waals surface area contributed by atoms with Gasteiger partial charge < -0.3 is 10.1 Å². The van der Waals surface area contributed by atoms with Gasteiger partial charge in [-0.25, -0.2) is 0 Å². The number of rotatable bonds is 4. The number of nitrogens with one attached hydrogen (secondary N) is 1. The highest BCUT2D eigenvalue weighted by Gasteiger charge is 2.31. The highest BCUT2D eigenvalue weighted by Crippen LogP contribution is 2.31. The zero-order chi connectivity index (χ0) is 19.4. The second kappa shape index (κ2) is 7.99. The molecule has 0 fully saturated rings. The third kappa shape index (κ3) is 5.00. The van der Waals surface area contributed by atoms with E-state index in [9.17, 15) is 18.0 Å². The second-order valence-electron chi connectivity index (χ2n) is 5.55. The number of benzene rings is 3. The molecule has 7 heteroatoms. The molecule has 0 saturated carbocycles. The zero-order valence-corrected chi connectivity index (χ0v) is 15.9. The van der Waals surface area contributed by atoms with Crippen LogP contribution in [0.5, 0.6) is 5.75 Å². The van der Waals surface area contributed by atoms with Gasteiger partial charge in [-0.05, 0) is 58.5 Å². The van der Waals surface area contributed by atoms with Crippen LogP contribution in [0.15, 0.2) is 72.8 Å². The first-order valence-corrected chi connectivity index (χ1v) is 8.92. The summed E-state index contributed by atoms with van der Waals surface area (Å²) < 4.78 is 41.6. The van der Waals surface area contributed by atoms with Crippen molar-refractivity contribution >= 4 is 34.2 Å². The average molecular weight is 483 g/mol. The monoisotopic (exact) mass is 483 g/mol. The van der Waals surface area contributed by atoms with Crippen molar-refractivity contribution in [2.24, 2.45) is 0 Å². The van der Waals surface area contributed by atoms with Gasteiger partial charge in [-0.3, -0.25) is 4.79 Å². The zero-order valence-electron chi connectivity index (χ0n) is 13.8. The molecule has 3 aromatic carbocycles. The highest BCUT2D eigenvalue weighted by molar-refractivity contribution is 14.1. The molecular weight excluding hydrogens is 470 g/mol. The molecule has 3 aromatic rings. The van der Waals surface area contributed by atoms with Crippen LogP contribution in [0.3, 0.4) is 0 Å². The molecule has 0 radical (unpaired) electrons. The molecule has 0 aliphatic heterocycles. The molecule has 3 rings (SSSR count). The lowest BCUT2D eigenvalue weighted by Gasteiger charge is -2.13. The van der Waals surface area contributed by atoms with E-state index in [1.807, 2.05) is 12.1 Å². The first kappa shape index (κ1) is 19.2. The van der Waals surface area contributed by atoms with Gasteiger partial charge in [0.1, 0.15) is 5.75 Å². The highest BCUT2D eigenvalue weighted by atomic mass is 127. The maximum absolute atomic E-state index is 12.6. The number of hydrogen-bond donors (Lipinski definition) is 1. The maximum atomic E-state index is 12.6. The van der Waals surface area contributed by atoms with E-state index in [1.54, 1.807) is 36.4 Å². The Morgan fingerprint density at radius 1 is 0.889 bits per heavy atom. The molecule has 0 aromatic heterocycles. The van der Waals surface area contributed by atoms with E-state index in [2.05, 4.69) is 32.6 Å². The molecule has 0 saturated heterocycles. The fourth-order valence-corrected chi connectivity index (χ4v) is 3.15. The Morgan fingerprint density at radius 2 is 1.52 bits per heavy atom. The molecule has 27 heavy (non-hydrogen) atoms. The van der Waals surface area contributed by atoms with Gasteiger partial charge in [-0.2, -0.15) is 0 Å². The summed E-state index contributed by atoms with van der Waals surface area (Å²) in [5, 5.41) is 2.86. The SMILES string of the molecule is O=C(Nc1ccccc1-c1ccc(OC(F)(F)F)cc1)c1ccccc1I. The van der Waals surface area contributed by atoms with Gasteiger partial charge >= 0.3 is 6.36 Å². The third-order valence-corrected chi connectivity index (χ3v) is 4.63. The molecule has 0 heterocycles. The molecule has 0 atom stereocenters. The summed E-state index contributed by atoms with van der Waals surface area (Å²) in [7, 11) is 0. The number of carbonyl (C=O) groups excluding carboxylic acids is 1. The van der Waals surface area contributed by atoms with Crippen LogP contribution in [0, 0.1) is 3.57 Å². The summed E-state index contributed by atoms with van der Waals surface area (Å²) in [6.07, 6.45) is -4.74. The summed E-state index contributed by atoms with van der Waals surface area (Å²) >= 11 is 2.09. The van der Waals surface area contributed by atoms with Crippen molar-refractivity contribution in [1.29, 1.82) is 0 Å². The lowest BCUT2D eigenvalue weighted by molar-refractivity contribution is -0.274. The Bertz CT molecular complexity index is 956. The number of alkyl halides is 3. The Balaban J connectivity index is 1.86. The van der Waals surface area contributed by atoms with Crippen molar-refractivity contribution in [3.8, 4) is 16.9 Å². The predicted octanol–water partition coefficient (Wildman–Crippen LogP) is 6.11. The summed E-state index contributed by atoms with van der Waals surface area (Å²) in [4.78, 5) is 12.6. The van der Waals surface area contributed by atoms with Gasteiger partial charge in [0.2, 0.25) is 0 Å². The van der Waals surface area contributed by atoms with Crippen molar-refractivity contribution in [3.63, 3.8) is 0 Å². The van der Waals surface area contributed by atoms with E-state index in [1.165, 1.54) is 24.3 Å². The van der Waals surface area contributed by atoms with Crippen LogP contribution in [0.25, 0.3) is 11.1 Å². The molecule has 0 aliphatic rings. The van der Waals surface area contributed by atoms with Crippen molar-refractivity contribution in [3.05, 3.63) is 81.9 Å². The number of hydrogen-bond acceptors (Lipinski definition) is 2. The van der Waals surface area contributed by atoms with Crippen molar-refractivity contribution in [2.45, 2.75) is 6.36 Å². The number of para-hydroxylation sites is 1. The van der Waals surface area contributed by atoms with Gasteiger partial charge in [-0.15, -0.1) is 13.2 Å². The fourth-order valence-electron chi connectivity index (χ4n) is 2.52. The Labute approximate surface area is 167 Å². The second-order valence-corrected chi connectivity index (χ2v) is 6.71. The van der Waals surface area contributed by atoms with E-state index >= 15 is 0 Å². The third-order valence-electron chi connectivity index (χ3n) is 3.69. The van der Waals surface area contributed by atoms with E-state index in [4.69, 9.17) is 0 Å². The van der Waals surface area contributed by atoms with E-state index < -0.39 is 6.36 Å². The van der Waals surface area contributed by atoms with E-state index in [0.717, 1.165) is 3.57 Å². The van der Waals surface area contributed by atoms with Crippen LogP contribution in [0.4, 0.5) is 18.9 Å². The number of halogens is 4.